The molecule has 0 aromatic heterocycles. The zero-order valence-electron chi connectivity index (χ0n) is 9.30. The Labute approximate surface area is 90.7 Å². The van der Waals surface area contributed by atoms with Gasteiger partial charge in [0.2, 0.25) is 0 Å². The van der Waals surface area contributed by atoms with Gasteiger partial charge in [-0.3, -0.25) is 4.79 Å². The zero-order chi connectivity index (χ0) is 11.0. The van der Waals surface area contributed by atoms with Gasteiger partial charge in [-0.2, -0.15) is 11.8 Å². The SMILES string of the molecule is CCCC(C)(NCCSCC)C(=O)O. The lowest BCUT2D eigenvalue weighted by Crippen LogP contribution is -2.50. The highest BCUT2D eigenvalue weighted by Crippen LogP contribution is 2.12. The van der Waals surface area contributed by atoms with Crippen LogP contribution in [0.2, 0.25) is 0 Å². The van der Waals surface area contributed by atoms with Crippen LogP contribution in [0.5, 0.6) is 0 Å². The van der Waals surface area contributed by atoms with Crippen LogP contribution in [0.4, 0.5) is 0 Å². The average Bonchev–Trinajstić information content (AvgIpc) is 2.13. The van der Waals surface area contributed by atoms with Crippen LogP contribution in [0.3, 0.4) is 0 Å². The molecule has 0 spiro atoms. The Morgan fingerprint density at radius 2 is 2.14 bits per heavy atom. The summed E-state index contributed by atoms with van der Waals surface area (Å²) in [4.78, 5) is 11.0. The van der Waals surface area contributed by atoms with Gasteiger partial charge in [0.1, 0.15) is 5.54 Å². The topological polar surface area (TPSA) is 49.3 Å². The molecule has 0 amide bonds. The first kappa shape index (κ1) is 13.8. The van der Waals surface area contributed by atoms with Crippen LogP contribution in [0.1, 0.15) is 33.6 Å². The van der Waals surface area contributed by atoms with Crippen molar-refractivity contribution in [1.29, 1.82) is 0 Å². The molecule has 0 saturated carbocycles. The highest BCUT2D eigenvalue weighted by molar-refractivity contribution is 7.99. The monoisotopic (exact) mass is 219 g/mol. The smallest absolute Gasteiger partial charge is 0.323 e. The summed E-state index contributed by atoms with van der Waals surface area (Å²) >= 11 is 1.82. The highest BCUT2D eigenvalue weighted by atomic mass is 32.2. The third-order valence-corrected chi connectivity index (χ3v) is 3.09. The molecule has 0 heterocycles. The lowest BCUT2D eigenvalue weighted by molar-refractivity contribution is -0.144. The summed E-state index contributed by atoms with van der Waals surface area (Å²) < 4.78 is 0. The minimum absolute atomic E-state index is 0.680. The maximum atomic E-state index is 11.0. The van der Waals surface area contributed by atoms with Crippen LogP contribution in [-0.4, -0.2) is 34.7 Å². The lowest BCUT2D eigenvalue weighted by atomic mass is 9.96. The normalized spacial score (nSPS) is 15.1. The van der Waals surface area contributed by atoms with Crippen molar-refractivity contribution in [1.82, 2.24) is 5.32 Å². The van der Waals surface area contributed by atoms with E-state index in [9.17, 15) is 4.79 Å². The molecule has 0 aromatic carbocycles. The number of nitrogens with one attached hydrogen (secondary N) is 1. The number of hydrogen-bond acceptors (Lipinski definition) is 3. The first-order valence-corrected chi connectivity index (χ1v) is 6.28. The van der Waals surface area contributed by atoms with Crippen molar-refractivity contribution in [3.05, 3.63) is 0 Å². The Bertz CT molecular complexity index is 176. The summed E-state index contributed by atoms with van der Waals surface area (Å²) in [6, 6.07) is 0. The van der Waals surface area contributed by atoms with E-state index >= 15 is 0 Å². The molecule has 0 radical (unpaired) electrons. The standard InChI is InChI=1S/C10H21NO2S/c1-4-6-10(3,9(12)13)11-7-8-14-5-2/h11H,4-8H2,1-3H3,(H,12,13). The zero-order valence-corrected chi connectivity index (χ0v) is 10.1. The number of carbonyl (C=O) groups is 1. The van der Waals surface area contributed by atoms with Crippen LogP contribution in [0, 0.1) is 0 Å². The molecule has 0 aliphatic rings. The minimum Gasteiger partial charge on any atom is -0.480 e. The van der Waals surface area contributed by atoms with Crippen molar-refractivity contribution >= 4 is 17.7 Å². The van der Waals surface area contributed by atoms with E-state index in [1.165, 1.54) is 0 Å². The van der Waals surface area contributed by atoms with E-state index in [0.717, 1.165) is 24.5 Å². The largest absolute Gasteiger partial charge is 0.480 e. The second kappa shape index (κ2) is 7.12. The number of hydrogen-bond donors (Lipinski definition) is 2. The number of aliphatic carboxylic acids is 1. The Morgan fingerprint density at radius 3 is 2.57 bits per heavy atom. The fourth-order valence-corrected chi connectivity index (χ4v) is 1.85. The number of carboxylic acids is 1. The Morgan fingerprint density at radius 1 is 1.50 bits per heavy atom. The second-order valence-corrected chi connectivity index (χ2v) is 4.90. The molecule has 2 N–H and O–H groups in total. The van der Waals surface area contributed by atoms with Gasteiger partial charge in [-0.05, 0) is 19.1 Å². The van der Waals surface area contributed by atoms with E-state index in [2.05, 4.69) is 12.2 Å². The Hall–Kier alpha value is -0.220. The van der Waals surface area contributed by atoms with E-state index < -0.39 is 11.5 Å². The van der Waals surface area contributed by atoms with E-state index in [1.54, 1.807) is 6.92 Å². The molecule has 1 atom stereocenters. The van der Waals surface area contributed by atoms with Gasteiger partial charge in [-0.15, -0.1) is 0 Å². The molecule has 4 heteroatoms. The quantitative estimate of drug-likeness (QED) is 0.613. The van der Waals surface area contributed by atoms with Gasteiger partial charge in [0.15, 0.2) is 0 Å². The van der Waals surface area contributed by atoms with Gasteiger partial charge < -0.3 is 10.4 Å². The van der Waals surface area contributed by atoms with Gasteiger partial charge in [-0.25, -0.2) is 0 Å². The van der Waals surface area contributed by atoms with Crippen molar-refractivity contribution in [2.75, 3.05) is 18.1 Å². The third kappa shape index (κ3) is 4.86. The third-order valence-electron chi connectivity index (χ3n) is 2.19. The summed E-state index contributed by atoms with van der Waals surface area (Å²) in [6.07, 6.45) is 1.57. The second-order valence-electron chi connectivity index (χ2n) is 3.51. The minimum atomic E-state index is -0.749. The maximum absolute atomic E-state index is 11.0. The average molecular weight is 219 g/mol. The van der Waals surface area contributed by atoms with Crippen LogP contribution >= 0.6 is 11.8 Å². The van der Waals surface area contributed by atoms with Gasteiger partial charge in [0.25, 0.3) is 0 Å². The molecule has 0 fully saturated rings. The first-order valence-electron chi connectivity index (χ1n) is 5.13. The molecule has 14 heavy (non-hydrogen) atoms. The molecular weight excluding hydrogens is 198 g/mol. The molecular formula is C10H21NO2S. The Kier molecular flexibility index (Phi) is 7.01. The summed E-state index contributed by atoms with van der Waals surface area (Å²) in [6.45, 7) is 6.63. The highest BCUT2D eigenvalue weighted by Gasteiger charge is 2.30. The van der Waals surface area contributed by atoms with Crippen molar-refractivity contribution < 1.29 is 9.90 Å². The van der Waals surface area contributed by atoms with E-state index in [-0.39, 0.29) is 0 Å². The van der Waals surface area contributed by atoms with E-state index in [1.807, 2.05) is 18.7 Å². The molecule has 3 nitrogen and oxygen atoms in total. The maximum Gasteiger partial charge on any atom is 0.323 e. The number of thioether (sulfide) groups is 1. The van der Waals surface area contributed by atoms with Crippen LogP contribution in [-0.2, 0) is 4.79 Å². The molecule has 0 aromatic rings. The first-order chi connectivity index (χ1) is 6.56. The van der Waals surface area contributed by atoms with Crippen molar-refractivity contribution in [2.45, 2.75) is 39.2 Å². The summed E-state index contributed by atoms with van der Waals surface area (Å²) in [5, 5.41) is 12.2. The van der Waals surface area contributed by atoms with Crippen molar-refractivity contribution in [3.8, 4) is 0 Å². The molecule has 0 bridgehead atoms. The number of carboxylic acid groups (broad SMARTS) is 1. The van der Waals surface area contributed by atoms with Crippen LogP contribution in [0.15, 0.2) is 0 Å². The van der Waals surface area contributed by atoms with Gasteiger partial charge in [0.05, 0.1) is 0 Å². The van der Waals surface area contributed by atoms with Gasteiger partial charge in [-0.1, -0.05) is 20.3 Å². The molecule has 84 valence electrons. The van der Waals surface area contributed by atoms with Crippen molar-refractivity contribution in [2.24, 2.45) is 0 Å². The molecule has 0 aliphatic carbocycles. The summed E-state index contributed by atoms with van der Waals surface area (Å²) in [5.74, 6) is 1.31. The molecule has 0 rings (SSSR count). The predicted octanol–water partition coefficient (Wildman–Crippen LogP) is 1.97. The summed E-state index contributed by atoms with van der Waals surface area (Å²) in [7, 11) is 0. The Balaban J connectivity index is 3.90. The van der Waals surface area contributed by atoms with Crippen LogP contribution in [0.25, 0.3) is 0 Å². The fourth-order valence-electron chi connectivity index (χ4n) is 1.31. The van der Waals surface area contributed by atoms with Crippen LogP contribution < -0.4 is 5.32 Å². The number of rotatable bonds is 8. The van der Waals surface area contributed by atoms with Gasteiger partial charge in [0, 0.05) is 12.3 Å². The van der Waals surface area contributed by atoms with Gasteiger partial charge >= 0.3 is 5.97 Å². The fraction of sp³-hybridized carbons (Fsp3) is 0.900. The van der Waals surface area contributed by atoms with Crippen molar-refractivity contribution in [3.63, 3.8) is 0 Å². The van der Waals surface area contributed by atoms with E-state index in [0.29, 0.717) is 6.42 Å². The molecule has 0 aliphatic heterocycles. The molecule has 1 unspecified atom stereocenters. The summed E-state index contributed by atoms with van der Waals surface area (Å²) in [5.41, 5.74) is -0.747. The molecule has 0 saturated heterocycles. The predicted molar refractivity (Wildman–Crippen MR) is 62.0 cm³/mol. The lowest BCUT2D eigenvalue weighted by Gasteiger charge is -2.25. The van der Waals surface area contributed by atoms with E-state index in [4.69, 9.17) is 5.11 Å².